The van der Waals surface area contributed by atoms with Crippen LogP contribution in [0.5, 0.6) is 5.75 Å². The average Bonchev–Trinajstić information content (AvgIpc) is 3.44. The molecule has 5 heterocycles. The third kappa shape index (κ3) is 6.25. The lowest BCUT2D eigenvalue weighted by molar-refractivity contribution is -0.128. The van der Waals surface area contributed by atoms with Crippen LogP contribution in [0.25, 0.3) is 11.2 Å². The van der Waals surface area contributed by atoms with Crippen LogP contribution in [0, 0.1) is 11.3 Å². The molecule has 0 radical (unpaired) electrons. The average molecular weight is 572 g/mol. The number of allylic oxidation sites excluding steroid dienone is 1. The fourth-order valence-corrected chi connectivity index (χ4v) is 5.43. The molecule has 3 aromatic rings. The van der Waals surface area contributed by atoms with E-state index in [0.29, 0.717) is 34.1 Å². The van der Waals surface area contributed by atoms with E-state index in [1.807, 2.05) is 56.9 Å². The van der Waals surface area contributed by atoms with Gasteiger partial charge in [0.15, 0.2) is 0 Å². The lowest BCUT2D eigenvalue weighted by Crippen LogP contribution is -2.64. The summed E-state index contributed by atoms with van der Waals surface area (Å²) in [5.41, 5.74) is 10.3. The molecule has 2 saturated heterocycles. The van der Waals surface area contributed by atoms with Crippen LogP contribution in [-0.2, 0) is 4.79 Å². The summed E-state index contributed by atoms with van der Waals surface area (Å²) in [5, 5.41) is 15.8. The summed E-state index contributed by atoms with van der Waals surface area (Å²) >= 11 is 0. The Hall–Kier alpha value is -4.40. The Kier molecular flexibility index (Phi) is 9.83. The molecule has 4 N–H and O–H groups in total. The summed E-state index contributed by atoms with van der Waals surface area (Å²) in [7, 11) is 0. The molecule has 2 aliphatic heterocycles. The van der Waals surface area contributed by atoms with Gasteiger partial charge in [-0.15, -0.1) is 0 Å². The molecule has 0 saturated carbocycles. The van der Waals surface area contributed by atoms with E-state index >= 15 is 0 Å². The molecule has 0 aromatic carbocycles. The summed E-state index contributed by atoms with van der Waals surface area (Å²) in [6.45, 7) is 14.6. The number of hydrazine groups is 1. The van der Waals surface area contributed by atoms with E-state index in [4.69, 9.17) is 16.3 Å². The van der Waals surface area contributed by atoms with E-state index in [2.05, 4.69) is 27.6 Å². The maximum Gasteiger partial charge on any atom is 0.245 e. The van der Waals surface area contributed by atoms with Gasteiger partial charge in [-0.25, -0.2) is 10.4 Å². The van der Waals surface area contributed by atoms with E-state index in [9.17, 15) is 10.1 Å². The Balaban J connectivity index is 0.00000198. The molecule has 0 spiro atoms. The number of amides is 1. The predicted molar refractivity (Wildman–Crippen MR) is 163 cm³/mol. The van der Waals surface area contributed by atoms with Gasteiger partial charge in [0.1, 0.15) is 29.0 Å². The van der Waals surface area contributed by atoms with Crippen LogP contribution in [0.4, 0.5) is 0 Å². The number of hydrogen-bond donors (Lipinski definition) is 2. The first-order chi connectivity index (χ1) is 20.3. The first kappa shape index (κ1) is 30.6. The number of aromatic nitrogens is 3. The molecule has 2 aliphatic rings. The minimum atomic E-state index is -0.360. The van der Waals surface area contributed by atoms with Crippen molar-refractivity contribution in [2.24, 2.45) is 11.6 Å². The highest BCUT2D eigenvalue weighted by atomic mass is 16.5. The van der Waals surface area contributed by atoms with Gasteiger partial charge >= 0.3 is 0 Å². The van der Waals surface area contributed by atoms with Crippen LogP contribution in [0.2, 0.25) is 0 Å². The van der Waals surface area contributed by atoms with Gasteiger partial charge in [-0.1, -0.05) is 26.5 Å². The minimum absolute atomic E-state index is 0.00111. The maximum atomic E-state index is 11.9. The van der Waals surface area contributed by atoms with Crippen LogP contribution >= 0.6 is 0 Å². The largest absolute Gasteiger partial charge is 0.482 e. The number of fused-ring (bicyclic) bond motifs is 1. The van der Waals surface area contributed by atoms with E-state index in [1.54, 1.807) is 21.9 Å². The molecule has 0 bridgehead atoms. The quantitative estimate of drug-likeness (QED) is 0.236. The lowest BCUT2D eigenvalue weighted by Gasteiger charge is -2.50. The van der Waals surface area contributed by atoms with Gasteiger partial charge < -0.3 is 20.4 Å². The van der Waals surface area contributed by atoms with Crippen molar-refractivity contribution in [2.75, 3.05) is 26.2 Å². The number of hydrogen-bond acceptors (Lipinski definition) is 9. The van der Waals surface area contributed by atoms with Crippen LogP contribution in [0.15, 0.2) is 61.2 Å². The molecule has 3 aromatic heterocycles. The number of rotatable bonds is 8. The number of ether oxygens (including phenoxy) is 1. The standard InChI is InChI=1S/C29H35N9O2.C2H6/c1-4-27(39)35-11-8-23(9-12-35)36-17-24(18-36)38(32)19(2)28(31)21-13-26(29-22(14-30)15-34-37(29)16-21)40-20(3)25-7-5-6-10-33-25;1-2/h4-7,10,13,15-16,20,23-24H,1,8-9,11-12,17-18,31-32H2,2-3H3;1-2H3/b28-19-;. The molecule has 11 nitrogen and oxygen atoms in total. The molecule has 11 heteroatoms. The van der Waals surface area contributed by atoms with E-state index in [0.717, 1.165) is 50.4 Å². The van der Waals surface area contributed by atoms with Gasteiger partial charge in [-0.2, -0.15) is 10.4 Å². The Morgan fingerprint density at radius 3 is 2.62 bits per heavy atom. The number of likely N-dealkylation sites (tertiary alicyclic amines) is 2. The van der Waals surface area contributed by atoms with Crippen molar-refractivity contribution in [2.45, 2.75) is 58.7 Å². The summed E-state index contributed by atoms with van der Waals surface area (Å²) in [6.07, 6.45) is 7.93. The van der Waals surface area contributed by atoms with Crippen molar-refractivity contribution >= 4 is 17.1 Å². The SMILES string of the molecule is C=CC(=O)N1CCC(N2CC(N(N)/C(C)=C(\N)c3cc(OC(C)c4ccccn4)c4c(C#N)cnn4c3)C2)CC1.CC. The van der Waals surface area contributed by atoms with E-state index in [-0.39, 0.29) is 18.1 Å². The molecule has 1 atom stereocenters. The molecular weight excluding hydrogens is 530 g/mol. The number of nitriles is 1. The number of nitrogens with two attached hydrogens (primary N) is 2. The summed E-state index contributed by atoms with van der Waals surface area (Å²) in [4.78, 5) is 20.5. The number of piperidine rings is 1. The van der Waals surface area contributed by atoms with E-state index < -0.39 is 0 Å². The second-order valence-corrected chi connectivity index (χ2v) is 10.3. The van der Waals surface area contributed by atoms with Gasteiger partial charge in [0.05, 0.1) is 29.3 Å². The number of carbonyl (C=O) groups is 1. The van der Waals surface area contributed by atoms with Gasteiger partial charge in [0.2, 0.25) is 5.91 Å². The molecule has 222 valence electrons. The Morgan fingerprint density at radius 1 is 1.29 bits per heavy atom. The maximum absolute atomic E-state index is 11.9. The molecule has 5 rings (SSSR count). The van der Waals surface area contributed by atoms with Crippen molar-refractivity contribution in [3.8, 4) is 11.8 Å². The van der Waals surface area contributed by atoms with Crippen molar-refractivity contribution in [1.82, 2.24) is 29.4 Å². The van der Waals surface area contributed by atoms with E-state index in [1.165, 1.54) is 12.3 Å². The molecule has 1 amide bonds. The minimum Gasteiger partial charge on any atom is -0.482 e. The van der Waals surface area contributed by atoms with Gasteiger partial charge in [0, 0.05) is 50.2 Å². The summed E-state index contributed by atoms with van der Waals surface area (Å²) in [5.74, 6) is 7.05. The predicted octanol–water partition coefficient (Wildman–Crippen LogP) is 3.45. The number of pyridine rings is 2. The zero-order valence-electron chi connectivity index (χ0n) is 24.9. The Bertz CT molecular complexity index is 1460. The lowest BCUT2D eigenvalue weighted by atomic mass is 9.96. The number of nitrogens with zero attached hydrogens (tertiary/aromatic N) is 7. The van der Waals surface area contributed by atoms with Crippen LogP contribution < -0.4 is 16.3 Å². The monoisotopic (exact) mass is 571 g/mol. The fourth-order valence-electron chi connectivity index (χ4n) is 5.43. The summed E-state index contributed by atoms with van der Waals surface area (Å²) in [6, 6.07) is 10.2. The van der Waals surface area contributed by atoms with Crippen molar-refractivity contribution in [3.63, 3.8) is 0 Å². The molecule has 1 unspecified atom stereocenters. The van der Waals surface area contributed by atoms with Crippen molar-refractivity contribution < 1.29 is 9.53 Å². The third-order valence-corrected chi connectivity index (χ3v) is 7.94. The third-order valence-electron chi connectivity index (χ3n) is 7.94. The van der Waals surface area contributed by atoms with Gasteiger partial charge in [-0.05, 0) is 51.0 Å². The first-order valence-electron chi connectivity index (χ1n) is 14.5. The highest BCUT2D eigenvalue weighted by Crippen LogP contribution is 2.32. The Labute approximate surface area is 247 Å². The molecule has 0 aliphatic carbocycles. The van der Waals surface area contributed by atoms with Crippen LogP contribution in [0.1, 0.15) is 63.5 Å². The second-order valence-electron chi connectivity index (χ2n) is 10.3. The highest BCUT2D eigenvalue weighted by molar-refractivity contribution is 5.87. The highest BCUT2D eigenvalue weighted by Gasteiger charge is 2.37. The molecule has 42 heavy (non-hydrogen) atoms. The zero-order valence-corrected chi connectivity index (χ0v) is 24.9. The fraction of sp³-hybridized carbons (Fsp3) is 0.419. The van der Waals surface area contributed by atoms with Gasteiger partial charge in [-0.3, -0.25) is 14.7 Å². The Morgan fingerprint density at radius 2 is 2.00 bits per heavy atom. The van der Waals surface area contributed by atoms with Crippen LogP contribution in [0.3, 0.4) is 0 Å². The smallest absolute Gasteiger partial charge is 0.245 e. The van der Waals surface area contributed by atoms with Crippen LogP contribution in [-0.4, -0.2) is 73.6 Å². The molecular formula is C31H41N9O2. The van der Waals surface area contributed by atoms with Gasteiger partial charge in [0.25, 0.3) is 0 Å². The van der Waals surface area contributed by atoms with Crippen molar-refractivity contribution in [3.05, 3.63) is 78.0 Å². The van der Waals surface area contributed by atoms with Crippen molar-refractivity contribution in [1.29, 1.82) is 5.26 Å². The normalized spacial score (nSPS) is 17.3. The summed E-state index contributed by atoms with van der Waals surface area (Å²) < 4.78 is 7.92. The topological polar surface area (TPSA) is 142 Å². The second kappa shape index (κ2) is 13.5. The molecule has 2 fully saturated rings. The first-order valence-corrected chi connectivity index (χ1v) is 14.5. The number of carbonyl (C=O) groups excluding carboxylic acids is 1. The zero-order chi connectivity index (χ0) is 30.4.